The lowest BCUT2D eigenvalue weighted by Crippen LogP contribution is -2.23. The minimum absolute atomic E-state index is 0.0170. The van der Waals surface area contributed by atoms with Crippen molar-refractivity contribution in [2.75, 3.05) is 6.61 Å². The fraction of sp³-hybridized carbons (Fsp3) is 0.227. The third-order valence-electron chi connectivity index (χ3n) is 4.13. The van der Waals surface area contributed by atoms with Gasteiger partial charge in [0, 0.05) is 6.92 Å². The Morgan fingerprint density at radius 2 is 1.54 bits per heavy atom. The molecule has 3 rings (SSSR count). The van der Waals surface area contributed by atoms with Crippen molar-refractivity contribution < 1.29 is 14.3 Å². The van der Waals surface area contributed by atoms with Crippen LogP contribution in [0.5, 0.6) is 17.2 Å². The Labute approximate surface area is 153 Å². The number of fused-ring (bicyclic) bond motifs is 1. The number of carbonyl (C=O) groups excluding carboxylic acids is 1. The molecule has 0 bridgehead atoms. The summed E-state index contributed by atoms with van der Waals surface area (Å²) in [4.78, 5) is 11.2. The largest absolute Gasteiger partial charge is 0.494 e. The van der Waals surface area contributed by atoms with Gasteiger partial charge in [0.25, 0.3) is 0 Å². The van der Waals surface area contributed by atoms with Crippen molar-refractivity contribution in [3.05, 3.63) is 66.2 Å². The third-order valence-corrected chi connectivity index (χ3v) is 4.13. The minimum atomic E-state index is -0.0308. The van der Waals surface area contributed by atoms with Gasteiger partial charge in [0.15, 0.2) is 0 Å². The lowest BCUT2D eigenvalue weighted by atomic mass is 10.0. The monoisotopic (exact) mass is 349 g/mol. The first-order chi connectivity index (χ1) is 12.5. The molecule has 3 aromatic carbocycles. The molecule has 26 heavy (non-hydrogen) atoms. The van der Waals surface area contributed by atoms with Gasteiger partial charge in [-0.3, -0.25) is 4.79 Å². The summed E-state index contributed by atoms with van der Waals surface area (Å²) in [7, 11) is 0. The maximum Gasteiger partial charge on any atom is 0.217 e. The van der Waals surface area contributed by atoms with E-state index in [0.717, 1.165) is 33.6 Å². The summed E-state index contributed by atoms with van der Waals surface area (Å²) in [6.07, 6.45) is 0. The Hall–Kier alpha value is -3.01. The fourth-order valence-corrected chi connectivity index (χ4v) is 2.87. The minimum Gasteiger partial charge on any atom is -0.494 e. The Bertz CT molecular complexity index is 903. The van der Waals surface area contributed by atoms with Crippen molar-refractivity contribution in [2.45, 2.75) is 26.8 Å². The highest BCUT2D eigenvalue weighted by molar-refractivity contribution is 5.85. The number of nitrogens with one attached hydrogen (secondary N) is 1. The summed E-state index contributed by atoms with van der Waals surface area (Å²) in [6, 6.07) is 19.7. The summed E-state index contributed by atoms with van der Waals surface area (Å²) in [5, 5.41) is 5.11. The zero-order chi connectivity index (χ0) is 18.5. The zero-order valence-electron chi connectivity index (χ0n) is 15.3. The van der Waals surface area contributed by atoms with Crippen molar-refractivity contribution in [1.82, 2.24) is 5.32 Å². The van der Waals surface area contributed by atoms with Crippen LogP contribution >= 0.6 is 0 Å². The second-order valence-electron chi connectivity index (χ2n) is 6.20. The van der Waals surface area contributed by atoms with Crippen molar-refractivity contribution in [3.63, 3.8) is 0 Å². The van der Waals surface area contributed by atoms with Crippen molar-refractivity contribution in [1.29, 1.82) is 0 Å². The molecule has 0 radical (unpaired) electrons. The highest BCUT2D eigenvalue weighted by atomic mass is 16.5. The van der Waals surface area contributed by atoms with Gasteiger partial charge >= 0.3 is 0 Å². The number of rotatable bonds is 6. The average Bonchev–Trinajstić information content (AvgIpc) is 2.62. The quantitative estimate of drug-likeness (QED) is 0.663. The van der Waals surface area contributed by atoms with Crippen LogP contribution in [0.15, 0.2) is 60.7 Å². The molecule has 1 N–H and O–H groups in total. The summed E-state index contributed by atoms with van der Waals surface area (Å²) in [6.45, 7) is 6.11. The first kappa shape index (κ1) is 17.8. The molecular weight excluding hydrogens is 326 g/mol. The van der Waals surface area contributed by atoms with Crippen molar-refractivity contribution in [2.24, 2.45) is 0 Å². The first-order valence-electron chi connectivity index (χ1n) is 8.76. The molecule has 1 unspecified atom stereocenters. The van der Waals surface area contributed by atoms with Gasteiger partial charge in [-0.25, -0.2) is 0 Å². The molecule has 0 aliphatic rings. The molecule has 1 atom stereocenters. The number of carbonyl (C=O) groups is 1. The predicted octanol–water partition coefficient (Wildman–Crippen LogP) is 5.23. The zero-order valence-corrected chi connectivity index (χ0v) is 15.3. The molecule has 4 heteroatoms. The standard InChI is InChI=1S/C22H23NO3/c1-4-25-20-9-11-21(12-10-20)26-22-8-7-18-13-17(5-6-19(18)14-22)15(2)23-16(3)24/h5-15H,4H2,1-3H3,(H,23,24). The number of ether oxygens (including phenoxy) is 2. The van der Waals surface area contributed by atoms with Gasteiger partial charge < -0.3 is 14.8 Å². The van der Waals surface area contributed by atoms with Crippen molar-refractivity contribution >= 4 is 16.7 Å². The molecule has 0 heterocycles. The van der Waals surface area contributed by atoms with Gasteiger partial charge in [0.2, 0.25) is 5.91 Å². The molecule has 134 valence electrons. The highest BCUT2D eigenvalue weighted by Gasteiger charge is 2.08. The van der Waals surface area contributed by atoms with Crippen LogP contribution in [0.3, 0.4) is 0 Å². The van der Waals surface area contributed by atoms with E-state index in [1.165, 1.54) is 6.92 Å². The maximum atomic E-state index is 11.2. The Balaban J connectivity index is 1.77. The van der Waals surface area contributed by atoms with Gasteiger partial charge in [-0.05, 0) is 72.6 Å². The van der Waals surface area contributed by atoms with E-state index in [4.69, 9.17) is 9.47 Å². The van der Waals surface area contributed by atoms with Gasteiger partial charge in [-0.1, -0.05) is 18.2 Å². The molecule has 4 nitrogen and oxygen atoms in total. The lowest BCUT2D eigenvalue weighted by molar-refractivity contribution is -0.119. The van der Waals surface area contributed by atoms with Crippen LogP contribution in [-0.4, -0.2) is 12.5 Å². The molecule has 0 aliphatic carbocycles. The van der Waals surface area contributed by atoms with Gasteiger partial charge in [0.1, 0.15) is 17.2 Å². The second-order valence-corrected chi connectivity index (χ2v) is 6.20. The van der Waals surface area contributed by atoms with E-state index in [1.54, 1.807) is 0 Å². The van der Waals surface area contributed by atoms with E-state index in [2.05, 4.69) is 11.4 Å². The molecule has 0 fully saturated rings. The normalized spacial score (nSPS) is 11.8. The summed E-state index contributed by atoms with van der Waals surface area (Å²) < 4.78 is 11.4. The Kier molecular flexibility index (Phi) is 5.42. The van der Waals surface area contributed by atoms with Crippen LogP contribution in [0.25, 0.3) is 10.8 Å². The van der Waals surface area contributed by atoms with Crippen molar-refractivity contribution in [3.8, 4) is 17.2 Å². The van der Waals surface area contributed by atoms with Crippen LogP contribution in [0.1, 0.15) is 32.4 Å². The number of hydrogen-bond acceptors (Lipinski definition) is 3. The topological polar surface area (TPSA) is 47.6 Å². The number of hydrogen-bond donors (Lipinski definition) is 1. The molecular formula is C22H23NO3. The summed E-state index contributed by atoms with van der Waals surface area (Å²) in [5.74, 6) is 2.35. The lowest BCUT2D eigenvalue weighted by Gasteiger charge is -2.14. The smallest absolute Gasteiger partial charge is 0.217 e. The first-order valence-corrected chi connectivity index (χ1v) is 8.76. The summed E-state index contributed by atoms with van der Waals surface area (Å²) >= 11 is 0. The van der Waals surface area contributed by atoms with Crippen LogP contribution in [0.4, 0.5) is 0 Å². The molecule has 0 saturated heterocycles. The molecule has 0 aliphatic heterocycles. The maximum absolute atomic E-state index is 11.2. The van der Waals surface area contributed by atoms with E-state index in [0.29, 0.717) is 6.61 Å². The third kappa shape index (κ3) is 4.33. The molecule has 0 aromatic heterocycles. The second kappa shape index (κ2) is 7.91. The van der Waals surface area contributed by atoms with E-state index in [9.17, 15) is 4.79 Å². The Morgan fingerprint density at radius 3 is 2.23 bits per heavy atom. The van der Waals surface area contributed by atoms with Crippen LogP contribution in [0, 0.1) is 0 Å². The van der Waals surface area contributed by atoms with Gasteiger partial charge in [-0.15, -0.1) is 0 Å². The highest BCUT2D eigenvalue weighted by Crippen LogP contribution is 2.28. The number of amides is 1. The fourth-order valence-electron chi connectivity index (χ4n) is 2.87. The van der Waals surface area contributed by atoms with Crippen LogP contribution < -0.4 is 14.8 Å². The SMILES string of the molecule is CCOc1ccc(Oc2ccc3cc(C(C)NC(C)=O)ccc3c2)cc1. The van der Waals surface area contributed by atoms with Gasteiger partial charge in [0.05, 0.1) is 12.6 Å². The van der Waals surface area contributed by atoms with E-state index in [1.807, 2.05) is 68.4 Å². The molecule has 3 aromatic rings. The number of benzene rings is 3. The Morgan fingerprint density at radius 1 is 0.923 bits per heavy atom. The molecule has 0 spiro atoms. The molecule has 1 amide bonds. The van der Waals surface area contributed by atoms with E-state index < -0.39 is 0 Å². The van der Waals surface area contributed by atoms with Gasteiger partial charge in [-0.2, -0.15) is 0 Å². The predicted molar refractivity (Wildman–Crippen MR) is 104 cm³/mol. The van der Waals surface area contributed by atoms with Crippen LogP contribution in [0.2, 0.25) is 0 Å². The van der Waals surface area contributed by atoms with Crippen LogP contribution in [-0.2, 0) is 4.79 Å². The summed E-state index contributed by atoms with van der Waals surface area (Å²) in [5.41, 5.74) is 1.08. The average molecular weight is 349 g/mol. The van der Waals surface area contributed by atoms with E-state index >= 15 is 0 Å². The van der Waals surface area contributed by atoms with E-state index in [-0.39, 0.29) is 11.9 Å². The molecule has 0 saturated carbocycles.